The van der Waals surface area contributed by atoms with E-state index in [0.29, 0.717) is 13.2 Å². The van der Waals surface area contributed by atoms with Crippen LogP contribution in [0.15, 0.2) is 60.7 Å². The first kappa shape index (κ1) is 17.6. The van der Waals surface area contributed by atoms with Gasteiger partial charge in [0.1, 0.15) is 18.3 Å². The van der Waals surface area contributed by atoms with Gasteiger partial charge >= 0.3 is 0 Å². The molecule has 0 aromatic heterocycles. The van der Waals surface area contributed by atoms with Crippen molar-refractivity contribution in [3.05, 3.63) is 71.8 Å². The van der Waals surface area contributed by atoms with Gasteiger partial charge in [0.25, 0.3) is 0 Å². The highest BCUT2D eigenvalue weighted by Gasteiger charge is 2.48. The molecule has 0 spiro atoms. The van der Waals surface area contributed by atoms with Gasteiger partial charge in [-0.15, -0.1) is 0 Å². The van der Waals surface area contributed by atoms with Gasteiger partial charge in [-0.25, -0.2) is 0 Å². The lowest BCUT2D eigenvalue weighted by molar-refractivity contribution is -0.343. The fourth-order valence-electron chi connectivity index (χ4n) is 3.29. The molecule has 2 aliphatic rings. The Morgan fingerprint density at radius 1 is 1.00 bits per heavy atom. The predicted octanol–water partition coefficient (Wildman–Crippen LogP) is 1.73. The largest absolute Gasteiger partial charge is 0.388 e. The molecule has 0 saturated carbocycles. The van der Waals surface area contributed by atoms with Crippen LogP contribution < -0.4 is 5.73 Å². The molecule has 2 aromatic rings. The quantitative estimate of drug-likeness (QED) is 0.867. The van der Waals surface area contributed by atoms with E-state index in [4.69, 9.17) is 24.7 Å². The van der Waals surface area contributed by atoms with Crippen LogP contribution in [0.2, 0.25) is 0 Å². The third-order valence-electron chi connectivity index (χ3n) is 4.74. The maximum Gasteiger partial charge on any atom is 0.184 e. The first-order chi connectivity index (χ1) is 12.7. The lowest BCUT2D eigenvalue weighted by Gasteiger charge is -2.46. The minimum atomic E-state index is -0.898. The highest BCUT2D eigenvalue weighted by atomic mass is 16.7. The maximum absolute atomic E-state index is 10.6. The van der Waals surface area contributed by atoms with Crippen LogP contribution in [0.3, 0.4) is 0 Å². The Kier molecular flexibility index (Phi) is 5.31. The van der Waals surface area contributed by atoms with E-state index in [1.54, 1.807) is 0 Å². The maximum atomic E-state index is 10.6. The van der Waals surface area contributed by atoms with Crippen LogP contribution in [0, 0.1) is 0 Å². The van der Waals surface area contributed by atoms with Crippen LogP contribution in [0.25, 0.3) is 0 Å². The second-order valence-corrected chi connectivity index (χ2v) is 6.58. The minimum absolute atomic E-state index is 0.305. The monoisotopic (exact) mass is 357 g/mol. The van der Waals surface area contributed by atoms with Crippen molar-refractivity contribution in [2.24, 2.45) is 5.73 Å². The van der Waals surface area contributed by atoms with Gasteiger partial charge in [0.2, 0.25) is 0 Å². The van der Waals surface area contributed by atoms with Gasteiger partial charge in [0, 0.05) is 5.56 Å². The summed E-state index contributed by atoms with van der Waals surface area (Å²) in [6.45, 7) is 0.664. The number of rotatable bonds is 4. The topological polar surface area (TPSA) is 83.2 Å². The summed E-state index contributed by atoms with van der Waals surface area (Å²) in [4.78, 5) is 0. The number of aliphatic hydroxyl groups is 1. The van der Waals surface area contributed by atoms with Crippen molar-refractivity contribution in [1.82, 2.24) is 0 Å². The summed E-state index contributed by atoms with van der Waals surface area (Å²) in [5.74, 6) is 0. The Labute approximate surface area is 152 Å². The molecule has 2 fully saturated rings. The molecular weight excluding hydrogens is 334 g/mol. The van der Waals surface area contributed by atoms with Crippen LogP contribution in [0.1, 0.15) is 17.4 Å². The molecule has 2 saturated heterocycles. The molecule has 6 atom stereocenters. The summed E-state index contributed by atoms with van der Waals surface area (Å²) in [5, 5.41) is 10.6. The van der Waals surface area contributed by atoms with Crippen LogP contribution in [-0.2, 0) is 25.6 Å². The number of benzene rings is 2. The summed E-state index contributed by atoms with van der Waals surface area (Å²) in [5.41, 5.74) is 8.07. The molecule has 6 heteroatoms. The van der Waals surface area contributed by atoms with E-state index in [0.717, 1.165) is 11.1 Å². The fraction of sp³-hybridized carbons (Fsp3) is 0.400. The number of aliphatic hydroxyl groups excluding tert-OH is 1. The van der Waals surface area contributed by atoms with Crippen molar-refractivity contribution in [2.75, 3.05) is 6.61 Å². The van der Waals surface area contributed by atoms with Crippen molar-refractivity contribution >= 4 is 0 Å². The van der Waals surface area contributed by atoms with Crippen molar-refractivity contribution in [3.63, 3.8) is 0 Å². The van der Waals surface area contributed by atoms with Gasteiger partial charge in [-0.2, -0.15) is 0 Å². The highest BCUT2D eigenvalue weighted by molar-refractivity contribution is 5.17. The predicted molar refractivity (Wildman–Crippen MR) is 93.9 cm³/mol. The number of nitrogens with two attached hydrogens (primary N) is 1. The lowest BCUT2D eigenvalue weighted by Crippen LogP contribution is -2.64. The van der Waals surface area contributed by atoms with Gasteiger partial charge < -0.3 is 29.8 Å². The molecule has 2 heterocycles. The fourth-order valence-corrected chi connectivity index (χ4v) is 3.29. The zero-order valence-corrected chi connectivity index (χ0v) is 14.3. The summed E-state index contributed by atoms with van der Waals surface area (Å²) in [6.07, 6.45) is -3.13. The van der Waals surface area contributed by atoms with Gasteiger partial charge in [0.05, 0.1) is 19.3 Å². The Balaban J connectivity index is 1.40. The molecular formula is C20H23NO5. The van der Waals surface area contributed by atoms with E-state index in [9.17, 15) is 5.11 Å². The average molecular weight is 357 g/mol. The number of fused-ring (bicyclic) bond motifs is 1. The minimum Gasteiger partial charge on any atom is -0.388 e. The third-order valence-corrected chi connectivity index (χ3v) is 4.74. The standard InChI is InChI=1S/C20H23NO5/c21-16-17(22)18-15(12-24-19(26-18)14-9-5-2-6-10-14)25-20(16)23-11-13-7-3-1-4-8-13/h1-10,15-20,22H,11-12,21H2/t15-,16+,17-,18+,19+,20-/m1/s1. The zero-order chi connectivity index (χ0) is 17.9. The molecule has 26 heavy (non-hydrogen) atoms. The number of ether oxygens (including phenoxy) is 4. The van der Waals surface area contributed by atoms with E-state index >= 15 is 0 Å². The molecule has 0 radical (unpaired) electrons. The molecule has 0 aliphatic carbocycles. The number of hydrogen-bond acceptors (Lipinski definition) is 6. The van der Waals surface area contributed by atoms with E-state index in [-0.39, 0.29) is 0 Å². The normalized spacial score (nSPS) is 34.2. The smallest absolute Gasteiger partial charge is 0.184 e. The molecule has 2 aliphatic heterocycles. The molecule has 3 N–H and O–H groups in total. The first-order valence-corrected chi connectivity index (χ1v) is 8.79. The van der Waals surface area contributed by atoms with Crippen LogP contribution in [-0.4, -0.2) is 42.4 Å². The SMILES string of the molecule is N[C@@H]1[C@H](OCc2ccccc2)O[C@@H]2CO[C@H](c3ccccc3)O[C@@H]2[C@@H]1O. The zero-order valence-electron chi connectivity index (χ0n) is 14.3. The molecule has 2 aromatic carbocycles. The van der Waals surface area contributed by atoms with E-state index in [1.807, 2.05) is 60.7 Å². The Hall–Kier alpha value is -1.80. The Morgan fingerprint density at radius 3 is 2.42 bits per heavy atom. The molecule has 6 nitrogen and oxygen atoms in total. The van der Waals surface area contributed by atoms with Crippen LogP contribution in [0.4, 0.5) is 0 Å². The summed E-state index contributed by atoms with van der Waals surface area (Å²) < 4.78 is 23.4. The molecule has 4 rings (SSSR count). The van der Waals surface area contributed by atoms with Crippen LogP contribution in [0.5, 0.6) is 0 Å². The van der Waals surface area contributed by atoms with Crippen molar-refractivity contribution in [2.45, 2.75) is 43.5 Å². The average Bonchev–Trinajstić information content (AvgIpc) is 2.71. The van der Waals surface area contributed by atoms with Gasteiger partial charge in [-0.3, -0.25) is 0 Å². The van der Waals surface area contributed by atoms with Gasteiger partial charge in [0.15, 0.2) is 12.6 Å². The lowest BCUT2D eigenvalue weighted by atomic mass is 9.96. The van der Waals surface area contributed by atoms with E-state index < -0.39 is 36.9 Å². The van der Waals surface area contributed by atoms with Gasteiger partial charge in [-0.05, 0) is 5.56 Å². The van der Waals surface area contributed by atoms with Crippen molar-refractivity contribution < 1.29 is 24.1 Å². The van der Waals surface area contributed by atoms with E-state index in [2.05, 4.69) is 0 Å². The third kappa shape index (κ3) is 3.66. The summed E-state index contributed by atoms with van der Waals surface area (Å²) in [6, 6.07) is 18.7. The second kappa shape index (κ2) is 7.84. The summed E-state index contributed by atoms with van der Waals surface area (Å²) >= 11 is 0. The second-order valence-electron chi connectivity index (χ2n) is 6.58. The molecule has 0 unspecified atom stereocenters. The Bertz CT molecular complexity index is 696. The molecule has 0 amide bonds. The highest BCUT2D eigenvalue weighted by Crippen LogP contribution is 2.33. The van der Waals surface area contributed by atoms with E-state index in [1.165, 1.54) is 0 Å². The number of hydrogen-bond donors (Lipinski definition) is 2. The van der Waals surface area contributed by atoms with Crippen molar-refractivity contribution in [3.8, 4) is 0 Å². The Morgan fingerprint density at radius 2 is 1.69 bits per heavy atom. The van der Waals surface area contributed by atoms with Crippen molar-refractivity contribution in [1.29, 1.82) is 0 Å². The molecule has 0 bridgehead atoms. The molecule has 138 valence electrons. The first-order valence-electron chi connectivity index (χ1n) is 8.79. The van der Waals surface area contributed by atoms with Gasteiger partial charge in [-0.1, -0.05) is 60.7 Å². The summed E-state index contributed by atoms with van der Waals surface area (Å²) in [7, 11) is 0. The van der Waals surface area contributed by atoms with Crippen LogP contribution >= 0.6 is 0 Å².